The lowest BCUT2D eigenvalue weighted by molar-refractivity contribution is -0.137. The zero-order chi connectivity index (χ0) is 21.1. The number of benzene rings is 1. The number of carbonyl (C=O) groups excluding carboxylic acids is 3. The Labute approximate surface area is 162 Å². The minimum atomic E-state index is -4.54. The molecule has 0 unspecified atom stereocenters. The highest BCUT2D eigenvalue weighted by Gasteiger charge is 2.30. The minimum absolute atomic E-state index is 0.0719. The number of alkyl halides is 3. The van der Waals surface area contributed by atoms with E-state index in [1.54, 1.807) is 13.8 Å². The normalized spacial score (nSPS) is 11.1. The van der Waals surface area contributed by atoms with E-state index < -0.39 is 30.2 Å². The molecule has 0 radical (unpaired) electrons. The van der Waals surface area contributed by atoms with Gasteiger partial charge in [-0.2, -0.15) is 13.2 Å². The molecule has 6 nitrogen and oxygen atoms in total. The van der Waals surface area contributed by atoms with E-state index in [0.29, 0.717) is 10.6 Å². The summed E-state index contributed by atoms with van der Waals surface area (Å²) < 4.78 is 43.1. The first kappa shape index (κ1) is 21.4. The van der Waals surface area contributed by atoms with Gasteiger partial charge in [-0.15, -0.1) is 11.3 Å². The lowest BCUT2D eigenvalue weighted by Crippen LogP contribution is -2.22. The van der Waals surface area contributed by atoms with E-state index in [-0.39, 0.29) is 17.2 Å². The molecule has 0 atom stereocenters. The summed E-state index contributed by atoms with van der Waals surface area (Å²) >= 11 is 1.20. The minimum Gasteiger partial charge on any atom is -0.452 e. The van der Waals surface area contributed by atoms with Crippen molar-refractivity contribution < 1.29 is 32.3 Å². The van der Waals surface area contributed by atoms with E-state index in [4.69, 9.17) is 4.74 Å². The number of carbonyl (C=O) groups is 3. The summed E-state index contributed by atoms with van der Waals surface area (Å²) in [6.07, 6.45) is -4.54. The Kier molecular flexibility index (Phi) is 6.45. The van der Waals surface area contributed by atoms with Crippen molar-refractivity contribution in [3.8, 4) is 0 Å². The van der Waals surface area contributed by atoms with Crippen molar-refractivity contribution in [1.29, 1.82) is 0 Å². The predicted octanol–water partition coefficient (Wildman–Crippen LogP) is 4.14. The van der Waals surface area contributed by atoms with Crippen LogP contribution in [0.2, 0.25) is 0 Å². The quantitative estimate of drug-likeness (QED) is 0.721. The van der Waals surface area contributed by atoms with Crippen LogP contribution in [0.5, 0.6) is 0 Å². The molecule has 0 saturated heterocycles. The lowest BCUT2D eigenvalue weighted by Gasteiger charge is -2.10. The van der Waals surface area contributed by atoms with Gasteiger partial charge in [0.2, 0.25) is 5.91 Å². The molecule has 1 heterocycles. The van der Waals surface area contributed by atoms with Crippen molar-refractivity contribution in [1.82, 2.24) is 0 Å². The second-order valence-electron chi connectivity index (χ2n) is 5.87. The van der Waals surface area contributed by atoms with E-state index in [9.17, 15) is 27.6 Å². The van der Waals surface area contributed by atoms with Gasteiger partial charge in [-0.3, -0.25) is 9.59 Å². The number of anilines is 2. The van der Waals surface area contributed by atoms with Crippen LogP contribution in [0.1, 0.15) is 33.3 Å². The summed E-state index contributed by atoms with van der Waals surface area (Å²) in [5.41, 5.74) is -0.231. The fraction of sp³-hybridized carbons (Fsp3) is 0.278. The molecular weight excluding hydrogens is 397 g/mol. The van der Waals surface area contributed by atoms with E-state index in [1.807, 2.05) is 0 Å². The summed E-state index contributed by atoms with van der Waals surface area (Å²) in [5.74, 6) is -1.97. The van der Waals surface area contributed by atoms with Crippen molar-refractivity contribution in [3.63, 3.8) is 0 Å². The number of ether oxygens (including phenoxy) is 1. The Bertz CT molecular complexity index is 922. The molecule has 0 fully saturated rings. The van der Waals surface area contributed by atoms with Crippen LogP contribution in [0.25, 0.3) is 0 Å². The van der Waals surface area contributed by atoms with Crippen molar-refractivity contribution in [3.05, 3.63) is 45.8 Å². The summed E-state index contributed by atoms with van der Waals surface area (Å²) in [4.78, 5) is 36.3. The number of hydrogen-bond donors (Lipinski definition) is 2. The van der Waals surface area contributed by atoms with Crippen LogP contribution in [0.15, 0.2) is 24.3 Å². The molecule has 1 aromatic heterocycles. The number of esters is 1. The molecule has 2 rings (SSSR count). The predicted molar refractivity (Wildman–Crippen MR) is 98.5 cm³/mol. The number of hydrogen-bond acceptors (Lipinski definition) is 5. The molecule has 10 heteroatoms. The molecule has 2 aromatic rings. The third kappa shape index (κ3) is 5.32. The van der Waals surface area contributed by atoms with Crippen LogP contribution in [0, 0.1) is 13.8 Å². The first-order chi connectivity index (χ1) is 13.0. The smallest absolute Gasteiger partial charge is 0.416 e. The first-order valence-electron chi connectivity index (χ1n) is 8.01. The van der Waals surface area contributed by atoms with Crippen molar-refractivity contribution >= 4 is 39.8 Å². The SMILES string of the molecule is CC(=O)Nc1sc(C)c(C)c1C(=O)OCC(=O)Nc1cccc(C(F)(F)F)c1. The molecule has 1 aromatic carbocycles. The van der Waals surface area contributed by atoms with Gasteiger partial charge in [-0.25, -0.2) is 4.79 Å². The summed E-state index contributed by atoms with van der Waals surface area (Å²) in [7, 11) is 0. The number of thiophene rings is 1. The maximum Gasteiger partial charge on any atom is 0.416 e. The van der Waals surface area contributed by atoms with Crippen molar-refractivity contribution in [2.75, 3.05) is 17.2 Å². The number of aryl methyl sites for hydroxylation is 1. The van der Waals surface area contributed by atoms with Crippen LogP contribution >= 0.6 is 11.3 Å². The third-order valence-corrected chi connectivity index (χ3v) is 4.81. The molecule has 0 aliphatic heterocycles. The summed E-state index contributed by atoms with van der Waals surface area (Å²) in [5, 5.41) is 5.09. The second kappa shape index (κ2) is 8.42. The monoisotopic (exact) mass is 414 g/mol. The van der Waals surface area contributed by atoms with Gasteiger partial charge < -0.3 is 15.4 Å². The second-order valence-corrected chi connectivity index (χ2v) is 7.10. The molecule has 0 aliphatic rings. The molecule has 28 heavy (non-hydrogen) atoms. The Balaban J connectivity index is 2.04. The molecule has 2 N–H and O–H groups in total. The molecule has 0 aliphatic carbocycles. The zero-order valence-corrected chi connectivity index (χ0v) is 16.0. The number of nitrogens with one attached hydrogen (secondary N) is 2. The van der Waals surface area contributed by atoms with Crippen LogP contribution < -0.4 is 10.6 Å². The van der Waals surface area contributed by atoms with E-state index >= 15 is 0 Å². The fourth-order valence-electron chi connectivity index (χ4n) is 2.29. The highest BCUT2D eigenvalue weighted by atomic mass is 32.1. The van der Waals surface area contributed by atoms with E-state index in [0.717, 1.165) is 23.1 Å². The highest BCUT2D eigenvalue weighted by Crippen LogP contribution is 2.33. The fourth-order valence-corrected chi connectivity index (χ4v) is 3.39. The number of halogens is 3. The van der Waals surface area contributed by atoms with Crippen LogP contribution in [0.3, 0.4) is 0 Å². The van der Waals surface area contributed by atoms with Crippen molar-refractivity contribution in [2.24, 2.45) is 0 Å². The molecule has 150 valence electrons. The molecule has 0 saturated carbocycles. The molecular formula is C18H17F3N2O4S. The van der Waals surface area contributed by atoms with Crippen molar-refractivity contribution in [2.45, 2.75) is 26.9 Å². The Morgan fingerprint density at radius 3 is 2.43 bits per heavy atom. The van der Waals surface area contributed by atoms with Gasteiger partial charge in [-0.1, -0.05) is 6.07 Å². The molecule has 2 amide bonds. The Morgan fingerprint density at radius 2 is 1.82 bits per heavy atom. The maximum atomic E-state index is 12.7. The van der Waals surface area contributed by atoms with Crippen LogP contribution in [-0.2, 0) is 20.5 Å². The van der Waals surface area contributed by atoms with E-state index in [1.165, 1.54) is 24.3 Å². The average Bonchev–Trinajstić information content (AvgIpc) is 2.85. The van der Waals surface area contributed by atoms with Crippen LogP contribution in [-0.4, -0.2) is 24.4 Å². The highest BCUT2D eigenvalue weighted by molar-refractivity contribution is 7.16. The van der Waals surface area contributed by atoms with Gasteiger partial charge in [-0.05, 0) is 37.6 Å². The van der Waals surface area contributed by atoms with Gasteiger partial charge in [0.1, 0.15) is 5.00 Å². The summed E-state index contributed by atoms with van der Waals surface area (Å²) in [6.45, 7) is 4.05. The maximum absolute atomic E-state index is 12.7. The van der Waals surface area contributed by atoms with Gasteiger partial charge in [0.15, 0.2) is 6.61 Å². The third-order valence-electron chi connectivity index (χ3n) is 3.69. The van der Waals surface area contributed by atoms with Gasteiger partial charge in [0.25, 0.3) is 5.91 Å². The summed E-state index contributed by atoms with van der Waals surface area (Å²) in [6, 6.07) is 4.10. The first-order valence-corrected chi connectivity index (χ1v) is 8.82. The van der Waals surface area contributed by atoms with Gasteiger partial charge >= 0.3 is 12.1 Å². The largest absolute Gasteiger partial charge is 0.452 e. The molecule has 0 bridgehead atoms. The lowest BCUT2D eigenvalue weighted by atomic mass is 10.1. The van der Waals surface area contributed by atoms with Gasteiger partial charge in [0.05, 0.1) is 11.1 Å². The standard InChI is InChI=1S/C18H17F3N2O4S/c1-9-10(2)28-16(22-11(3)24)15(9)17(26)27-8-14(25)23-13-6-4-5-12(7-13)18(19,20)21/h4-7H,8H2,1-3H3,(H,22,24)(H,23,25). The number of rotatable bonds is 5. The molecule has 0 spiro atoms. The topological polar surface area (TPSA) is 84.5 Å². The Morgan fingerprint density at radius 1 is 1.14 bits per heavy atom. The zero-order valence-electron chi connectivity index (χ0n) is 15.2. The van der Waals surface area contributed by atoms with Crippen LogP contribution in [0.4, 0.5) is 23.9 Å². The van der Waals surface area contributed by atoms with E-state index in [2.05, 4.69) is 10.6 Å². The van der Waals surface area contributed by atoms with Gasteiger partial charge in [0, 0.05) is 17.5 Å². The average molecular weight is 414 g/mol. The number of amides is 2. The Hall–Kier alpha value is -2.88.